The summed E-state index contributed by atoms with van der Waals surface area (Å²) < 4.78 is 0. The quantitative estimate of drug-likeness (QED) is 0.498. The number of hydrogen-bond acceptors (Lipinski definition) is 3. The molecule has 0 aliphatic heterocycles. The summed E-state index contributed by atoms with van der Waals surface area (Å²) in [7, 11) is 0. The summed E-state index contributed by atoms with van der Waals surface area (Å²) in [5.41, 5.74) is 12.2. The minimum Gasteiger partial charge on any atom is -0.508 e. The number of allylic oxidation sites excluding steroid dienone is 4. The van der Waals surface area contributed by atoms with Crippen LogP contribution in [-0.4, -0.2) is 17.7 Å². The van der Waals surface area contributed by atoms with Crippen LogP contribution in [0.4, 0.5) is 0 Å². The molecule has 0 aromatic rings. The zero-order chi connectivity index (χ0) is 13.0. The van der Waals surface area contributed by atoms with Crippen LogP contribution in [0.5, 0.6) is 0 Å². The molecule has 1 unspecified atom stereocenters. The predicted octanol–water partition coefficient (Wildman–Crippen LogP) is 2.65. The Hall–Kier alpha value is -1.06. The van der Waals surface area contributed by atoms with Crippen molar-refractivity contribution in [2.75, 3.05) is 6.54 Å². The molecule has 0 aliphatic carbocycles. The lowest BCUT2D eigenvalue weighted by Gasteiger charge is -2.08. The van der Waals surface area contributed by atoms with Gasteiger partial charge in [-0.05, 0) is 32.4 Å². The van der Waals surface area contributed by atoms with Crippen LogP contribution in [0.1, 0.15) is 34.1 Å². The third-order valence-corrected chi connectivity index (χ3v) is 1.94. The van der Waals surface area contributed by atoms with E-state index in [-0.39, 0.29) is 11.8 Å². The predicted molar refractivity (Wildman–Crippen MR) is 72.3 cm³/mol. The van der Waals surface area contributed by atoms with Gasteiger partial charge in [-0.1, -0.05) is 31.6 Å². The highest BCUT2D eigenvalue weighted by Crippen LogP contribution is 2.06. The monoisotopic (exact) mass is 226 g/mol. The molecule has 0 radical (unpaired) electrons. The van der Waals surface area contributed by atoms with Gasteiger partial charge in [-0.3, -0.25) is 0 Å². The molecule has 0 heterocycles. The van der Waals surface area contributed by atoms with E-state index in [9.17, 15) is 5.11 Å². The lowest BCUT2D eigenvalue weighted by molar-refractivity contribution is 0.431. The maximum Gasteiger partial charge on any atom is 0.111 e. The smallest absolute Gasteiger partial charge is 0.111 e. The second-order valence-electron chi connectivity index (χ2n) is 3.11. The molecule has 3 heteroatoms. The van der Waals surface area contributed by atoms with Crippen molar-refractivity contribution in [1.82, 2.24) is 0 Å². The summed E-state index contributed by atoms with van der Waals surface area (Å²) >= 11 is 0. The van der Waals surface area contributed by atoms with Crippen molar-refractivity contribution in [2.45, 2.75) is 40.2 Å². The highest BCUT2D eigenvalue weighted by atomic mass is 16.3. The average molecular weight is 226 g/mol. The van der Waals surface area contributed by atoms with Gasteiger partial charge in [0.2, 0.25) is 0 Å². The summed E-state index contributed by atoms with van der Waals surface area (Å²) in [5.74, 6) is 0.255. The van der Waals surface area contributed by atoms with Gasteiger partial charge in [0.25, 0.3) is 0 Å². The topological polar surface area (TPSA) is 72.3 Å². The van der Waals surface area contributed by atoms with E-state index < -0.39 is 0 Å². The molecule has 94 valence electrons. The maximum absolute atomic E-state index is 9.18. The van der Waals surface area contributed by atoms with Gasteiger partial charge < -0.3 is 16.6 Å². The summed E-state index contributed by atoms with van der Waals surface area (Å²) in [6.07, 6.45) is 7.84. The number of nitrogens with two attached hydrogens (primary N) is 2. The third-order valence-electron chi connectivity index (χ3n) is 1.94. The first-order chi connectivity index (χ1) is 7.63. The molecular formula is C13H26N2O. The molecule has 16 heavy (non-hydrogen) atoms. The van der Waals surface area contributed by atoms with Crippen molar-refractivity contribution in [2.24, 2.45) is 11.5 Å². The fourth-order valence-electron chi connectivity index (χ4n) is 0.957. The highest BCUT2D eigenvalue weighted by molar-refractivity contribution is 5.24. The van der Waals surface area contributed by atoms with Gasteiger partial charge in [-0.15, -0.1) is 0 Å². The molecule has 3 nitrogen and oxygen atoms in total. The Balaban J connectivity index is 0. The van der Waals surface area contributed by atoms with E-state index in [1.165, 1.54) is 0 Å². The van der Waals surface area contributed by atoms with E-state index in [1.807, 2.05) is 32.9 Å². The Morgan fingerprint density at radius 2 is 1.75 bits per heavy atom. The fraction of sp³-hybridized carbons (Fsp3) is 0.538. The Bertz CT molecular complexity index is 242. The van der Waals surface area contributed by atoms with Crippen molar-refractivity contribution in [3.63, 3.8) is 0 Å². The second kappa shape index (κ2) is 12.0. The number of rotatable bonds is 5. The van der Waals surface area contributed by atoms with Gasteiger partial charge in [0.1, 0.15) is 5.76 Å². The molecule has 0 rings (SSSR count). The standard InChI is InChI=1S/C11H20N2O.C2H6/c1-3-9(7-10(13)8-12)5-6-11(14)4-2;1-2/h3-6,10,14H,7-8,12-13H2,1-2H3;1-2H3/b6-5-,9-3+,11-4+;. The van der Waals surface area contributed by atoms with Crippen LogP contribution in [-0.2, 0) is 0 Å². The van der Waals surface area contributed by atoms with Crippen LogP contribution in [0.15, 0.2) is 35.6 Å². The van der Waals surface area contributed by atoms with E-state index in [0.717, 1.165) is 12.0 Å². The average Bonchev–Trinajstić information content (AvgIpc) is 2.35. The highest BCUT2D eigenvalue weighted by Gasteiger charge is 2.00. The SMILES string of the molecule is CC.C\C=C(/C=C\C(O)=C/C)CC(N)CN. The molecule has 0 fully saturated rings. The van der Waals surface area contributed by atoms with Crippen LogP contribution in [0.3, 0.4) is 0 Å². The van der Waals surface area contributed by atoms with Crippen LogP contribution in [0.25, 0.3) is 0 Å². The molecular weight excluding hydrogens is 200 g/mol. The van der Waals surface area contributed by atoms with Gasteiger partial charge in [0, 0.05) is 12.6 Å². The van der Waals surface area contributed by atoms with Crippen molar-refractivity contribution < 1.29 is 5.11 Å². The summed E-state index contributed by atoms with van der Waals surface area (Å²) in [6.45, 7) is 8.19. The minimum atomic E-state index is -0.0152. The van der Waals surface area contributed by atoms with Crippen LogP contribution in [0, 0.1) is 0 Å². The summed E-state index contributed by atoms with van der Waals surface area (Å²) in [4.78, 5) is 0. The third kappa shape index (κ3) is 9.49. The zero-order valence-corrected chi connectivity index (χ0v) is 10.9. The minimum absolute atomic E-state index is 0.0152. The fourth-order valence-corrected chi connectivity index (χ4v) is 0.957. The molecule has 0 aliphatic rings. The molecule has 0 amide bonds. The van der Waals surface area contributed by atoms with Gasteiger partial charge in [-0.2, -0.15) is 0 Å². The lowest BCUT2D eigenvalue weighted by atomic mass is 10.1. The van der Waals surface area contributed by atoms with Crippen LogP contribution < -0.4 is 11.5 Å². The molecule has 0 saturated heterocycles. The normalized spacial score (nSPS) is 14.6. The molecule has 0 aromatic heterocycles. The van der Waals surface area contributed by atoms with Gasteiger partial charge in [-0.25, -0.2) is 0 Å². The number of aliphatic hydroxyl groups is 1. The van der Waals surface area contributed by atoms with E-state index in [2.05, 4.69) is 0 Å². The Morgan fingerprint density at radius 1 is 1.19 bits per heavy atom. The van der Waals surface area contributed by atoms with E-state index >= 15 is 0 Å². The van der Waals surface area contributed by atoms with Crippen molar-refractivity contribution in [3.05, 3.63) is 35.6 Å². The van der Waals surface area contributed by atoms with Crippen LogP contribution in [0.2, 0.25) is 0 Å². The van der Waals surface area contributed by atoms with E-state index in [0.29, 0.717) is 6.54 Å². The van der Waals surface area contributed by atoms with Gasteiger partial charge in [0.15, 0.2) is 0 Å². The number of aliphatic hydroxyl groups excluding tert-OH is 1. The first kappa shape index (κ1) is 17.3. The van der Waals surface area contributed by atoms with E-state index in [1.54, 1.807) is 19.1 Å². The Morgan fingerprint density at radius 3 is 2.12 bits per heavy atom. The van der Waals surface area contributed by atoms with Gasteiger partial charge in [0.05, 0.1) is 0 Å². The van der Waals surface area contributed by atoms with Crippen molar-refractivity contribution >= 4 is 0 Å². The van der Waals surface area contributed by atoms with Gasteiger partial charge >= 0.3 is 0 Å². The second-order valence-corrected chi connectivity index (χ2v) is 3.11. The first-order valence-corrected chi connectivity index (χ1v) is 5.78. The summed E-state index contributed by atoms with van der Waals surface area (Å²) in [6, 6.07) is -0.0152. The lowest BCUT2D eigenvalue weighted by Crippen LogP contribution is -2.29. The summed E-state index contributed by atoms with van der Waals surface area (Å²) in [5, 5.41) is 9.18. The molecule has 0 bridgehead atoms. The Labute approximate surface area is 99.5 Å². The van der Waals surface area contributed by atoms with Crippen molar-refractivity contribution in [1.29, 1.82) is 0 Å². The van der Waals surface area contributed by atoms with Crippen LogP contribution >= 0.6 is 0 Å². The molecule has 0 saturated carbocycles. The maximum atomic E-state index is 9.18. The van der Waals surface area contributed by atoms with E-state index in [4.69, 9.17) is 11.5 Å². The zero-order valence-electron chi connectivity index (χ0n) is 10.9. The number of hydrogen-bond donors (Lipinski definition) is 3. The molecule has 0 spiro atoms. The Kier molecular flexibility index (Phi) is 13.0. The molecule has 1 atom stereocenters. The molecule has 5 N–H and O–H groups in total. The molecule has 0 aromatic carbocycles. The first-order valence-electron chi connectivity index (χ1n) is 5.78. The largest absolute Gasteiger partial charge is 0.508 e. The van der Waals surface area contributed by atoms with Crippen molar-refractivity contribution in [3.8, 4) is 0 Å².